The molecule has 112 valence electrons. The van der Waals surface area contributed by atoms with E-state index in [4.69, 9.17) is 4.74 Å². The average molecular weight is 305 g/mol. The molecular formula is C15H19N3O2S. The van der Waals surface area contributed by atoms with Gasteiger partial charge in [0.15, 0.2) is 0 Å². The van der Waals surface area contributed by atoms with Gasteiger partial charge in [-0.25, -0.2) is 9.78 Å². The van der Waals surface area contributed by atoms with Crippen molar-refractivity contribution in [2.24, 2.45) is 0 Å². The maximum Gasteiger partial charge on any atom is 0.413 e. The first kappa shape index (κ1) is 15.3. The van der Waals surface area contributed by atoms with E-state index in [9.17, 15) is 4.79 Å². The molecule has 2 aromatic rings. The van der Waals surface area contributed by atoms with Crippen LogP contribution in [-0.4, -0.2) is 16.7 Å². The third kappa shape index (κ3) is 5.43. The van der Waals surface area contributed by atoms with E-state index in [1.807, 2.05) is 38.3 Å². The van der Waals surface area contributed by atoms with E-state index in [1.165, 1.54) is 4.88 Å². The number of rotatable bonds is 4. The van der Waals surface area contributed by atoms with Crippen LogP contribution in [0.5, 0.6) is 0 Å². The Labute approximate surface area is 128 Å². The van der Waals surface area contributed by atoms with Crippen LogP contribution in [0.4, 0.5) is 16.3 Å². The summed E-state index contributed by atoms with van der Waals surface area (Å²) in [6.07, 6.45) is 1.18. The molecule has 0 unspecified atom stereocenters. The molecule has 0 radical (unpaired) electrons. The molecule has 0 spiro atoms. The van der Waals surface area contributed by atoms with Crippen molar-refractivity contribution in [2.45, 2.75) is 32.9 Å². The molecule has 0 aromatic carbocycles. The van der Waals surface area contributed by atoms with E-state index in [1.54, 1.807) is 23.6 Å². The van der Waals surface area contributed by atoms with Crippen molar-refractivity contribution in [1.82, 2.24) is 4.98 Å². The van der Waals surface area contributed by atoms with E-state index in [-0.39, 0.29) is 0 Å². The maximum absolute atomic E-state index is 11.6. The van der Waals surface area contributed by atoms with Crippen LogP contribution in [0.2, 0.25) is 0 Å². The fourth-order valence-corrected chi connectivity index (χ4v) is 2.23. The minimum absolute atomic E-state index is 0.464. The summed E-state index contributed by atoms with van der Waals surface area (Å²) in [6, 6.07) is 7.70. The number of aromatic nitrogens is 1. The topological polar surface area (TPSA) is 63.2 Å². The Kier molecular flexibility index (Phi) is 4.80. The summed E-state index contributed by atoms with van der Waals surface area (Å²) < 4.78 is 5.16. The summed E-state index contributed by atoms with van der Waals surface area (Å²) in [5.41, 5.74) is 0.380. The highest BCUT2D eigenvalue weighted by molar-refractivity contribution is 7.09. The number of hydrogen-bond donors (Lipinski definition) is 2. The Hall–Kier alpha value is -2.08. The minimum atomic E-state index is -0.522. The average Bonchev–Trinajstić information content (AvgIpc) is 2.89. The molecule has 0 saturated heterocycles. The van der Waals surface area contributed by atoms with E-state index in [2.05, 4.69) is 21.7 Å². The van der Waals surface area contributed by atoms with Crippen LogP contribution < -0.4 is 10.6 Å². The highest BCUT2D eigenvalue weighted by Crippen LogP contribution is 2.15. The van der Waals surface area contributed by atoms with E-state index < -0.39 is 11.7 Å². The second-order valence-corrected chi connectivity index (χ2v) is 6.52. The first-order valence-electron chi connectivity index (χ1n) is 6.65. The molecule has 2 heterocycles. The second kappa shape index (κ2) is 6.58. The number of ether oxygens (including phenoxy) is 1. The minimum Gasteiger partial charge on any atom is -0.444 e. The molecule has 0 atom stereocenters. The van der Waals surface area contributed by atoms with Crippen LogP contribution in [-0.2, 0) is 11.3 Å². The summed E-state index contributed by atoms with van der Waals surface area (Å²) in [7, 11) is 0. The molecule has 1 amide bonds. The third-order valence-electron chi connectivity index (χ3n) is 2.44. The van der Waals surface area contributed by atoms with E-state index in [0.717, 1.165) is 12.2 Å². The van der Waals surface area contributed by atoms with Crippen molar-refractivity contribution in [3.05, 3.63) is 40.7 Å². The number of hydrogen-bond acceptors (Lipinski definition) is 5. The SMILES string of the molecule is CC(C)(C)OC(=O)Nc1ccc(NCc2cccs2)cn1. The molecule has 2 rings (SSSR count). The number of amides is 1. The van der Waals surface area contributed by atoms with Gasteiger partial charge < -0.3 is 10.1 Å². The van der Waals surface area contributed by atoms with Crippen LogP contribution in [0.1, 0.15) is 25.6 Å². The van der Waals surface area contributed by atoms with E-state index in [0.29, 0.717) is 5.82 Å². The van der Waals surface area contributed by atoms with Crippen LogP contribution in [0, 0.1) is 0 Å². The zero-order valence-electron chi connectivity index (χ0n) is 12.3. The van der Waals surface area contributed by atoms with Gasteiger partial charge in [-0.2, -0.15) is 0 Å². The summed E-state index contributed by atoms with van der Waals surface area (Å²) in [6.45, 7) is 6.21. The number of nitrogens with zero attached hydrogens (tertiary/aromatic N) is 1. The summed E-state index contributed by atoms with van der Waals surface area (Å²) in [5.74, 6) is 0.464. The van der Waals surface area contributed by atoms with Gasteiger partial charge in [0.05, 0.1) is 11.9 Å². The number of pyridine rings is 1. The monoisotopic (exact) mass is 305 g/mol. The van der Waals surface area contributed by atoms with Crippen molar-refractivity contribution < 1.29 is 9.53 Å². The fourth-order valence-electron chi connectivity index (χ4n) is 1.58. The van der Waals surface area contributed by atoms with Gasteiger partial charge >= 0.3 is 6.09 Å². The van der Waals surface area contributed by atoms with E-state index >= 15 is 0 Å². The quantitative estimate of drug-likeness (QED) is 0.892. The van der Waals surface area contributed by atoms with Crippen LogP contribution in [0.15, 0.2) is 35.8 Å². The second-order valence-electron chi connectivity index (χ2n) is 5.49. The van der Waals surface area contributed by atoms with Gasteiger partial charge in [-0.1, -0.05) is 6.07 Å². The zero-order valence-corrected chi connectivity index (χ0v) is 13.2. The van der Waals surface area contributed by atoms with Crippen LogP contribution in [0.3, 0.4) is 0 Å². The summed E-state index contributed by atoms with van der Waals surface area (Å²) >= 11 is 1.70. The molecule has 2 N–H and O–H groups in total. The Bertz CT molecular complexity index is 574. The van der Waals surface area contributed by atoms with Crippen LogP contribution in [0.25, 0.3) is 0 Å². The van der Waals surface area contributed by atoms with Gasteiger partial charge in [-0.05, 0) is 44.4 Å². The van der Waals surface area contributed by atoms with Crippen molar-refractivity contribution in [2.75, 3.05) is 10.6 Å². The van der Waals surface area contributed by atoms with Crippen LogP contribution >= 0.6 is 11.3 Å². The highest BCUT2D eigenvalue weighted by Gasteiger charge is 2.16. The Morgan fingerprint density at radius 1 is 1.33 bits per heavy atom. The predicted molar refractivity (Wildman–Crippen MR) is 85.7 cm³/mol. The predicted octanol–water partition coefficient (Wildman–Crippen LogP) is 4.10. The smallest absolute Gasteiger partial charge is 0.413 e. The molecule has 0 saturated carbocycles. The van der Waals surface area contributed by atoms with Gasteiger partial charge in [0.25, 0.3) is 0 Å². The Morgan fingerprint density at radius 3 is 2.71 bits per heavy atom. The lowest BCUT2D eigenvalue weighted by atomic mass is 10.2. The number of carbonyl (C=O) groups excluding carboxylic acids is 1. The van der Waals surface area contributed by atoms with Gasteiger partial charge in [-0.3, -0.25) is 5.32 Å². The first-order chi connectivity index (χ1) is 9.92. The highest BCUT2D eigenvalue weighted by atomic mass is 32.1. The third-order valence-corrected chi connectivity index (χ3v) is 3.32. The molecule has 21 heavy (non-hydrogen) atoms. The Morgan fingerprint density at radius 2 is 2.14 bits per heavy atom. The maximum atomic E-state index is 11.6. The lowest BCUT2D eigenvalue weighted by molar-refractivity contribution is 0.0635. The number of thiophene rings is 1. The van der Waals surface area contributed by atoms with Gasteiger partial charge in [-0.15, -0.1) is 11.3 Å². The number of carbonyl (C=O) groups is 1. The fraction of sp³-hybridized carbons (Fsp3) is 0.333. The van der Waals surface area contributed by atoms with Gasteiger partial charge in [0.2, 0.25) is 0 Å². The lowest BCUT2D eigenvalue weighted by Crippen LogP contribution is -2.27. The first-order valence-corrected chi connectivity index (χ1v) is 7.53. The molecule has 0 aliphatic heterocycles. The molecule has 0 aliphatic carbocycles. The largest absolute Gasteiger partial charge is 0.444 e. The van der Waals surface area contributed by atoms with Crippen molar-refractivity contribution in [3.8, 4) is 0 Å². The van der Waals surface area contributed by atoms with Gasteiger partial charge in [0.1, 0.15) is 11.4 Å². The molecule has 2 aromatic heterocycles. The summed E-state index contributed by atoms with van der Waals surface area (Å²) in [4.78, 5) is 17.0. The Balaban J connectivity index is 1.85. The van der Waals surface area contributed by atoms with Crippen molar-refractivity contribution in [1.29, 1.82) is 0 Å². The molecule has 5 nitrogen and oxygen atoms in total. The summed E-state index contributed by atoms with van der Waals surface area (Å²) in [5, 5.41) is 7.91. The number of anilines is 2. The molecule has 0 aliphatic rings. The molecular weight excluding hydrogens is 286 g/mol. The number of nitrogens with one attached hydrogen (secondary N) is 2. The zero-order chi connectivity index (χ0) is 15.3. The molecule has 6 heteroatoms. The normalized spacial score (nSPS) is 11.0. The van der Waals surface area contributed by atoms with Crippen molar-refractivity contribution >= 4 is 28.9 Å². The lowest BCUT2D eigenvalue weighted by Gasteiger charge is -2.19. The molecule has 0 fully saturated rings. The molecule has 0 bridgehead atoms. The van der Waals surface area contributed by atoms with Gasteiger partial charge in [0, 0.05) is 11.4 Å². The van der Waals surface area contributed by atoms with Crippen molar-refractivity contribution in [3.63, 3.8) is 0 Å². The standard InChI is InChI=1S/C15H19N3O2S/c1-15(2,3)20-14(19)18-13-7-6-11(9-17-13)16-10-12-5-4-8-21-12/h4-9,16H,10H2,1-3H3,(H,17,18,19).